The number of nitrogens with two attached hydrogens (primary N) is 1. The highest BCUT2D eigenvalue weighted by Crippen LogP contribution is 2.33. The van der Waals surface area contributed by atoms with E-state index in [2.05, 4.69) is 12.2 Å². The first-order valence-corrected chi connectivity index (χ1v) is 7.39. The van der Waals surface area contributed by atoms with Crippen LogP contribution in [0, 0.1) is 11.8 Å². The van der Waals surface area contributed by atoms with E-state index in [4.69, 9.17) is 5.73 Å². The number of rotatable bonds is 4. The van der Waals surface area contributed by atoms with Crippen LogP contribution in [0.15, 0.2) is 0 Å². The maximum atomic E-state index is 12.7. The van der Waals surface area contributed by atoms with Crippen molar-refractivity contribution in [3.05, 3.63) is 0 Å². The van der Waals surface area contributed by atoms with Crippen LogP contribution in [0.3, 0.4) is 0 Å². The van der Waals surface area contributed by atoms with E-state index in [1.165, 1.54) is 0 Å². The van der Waals surface area contributed by atoms with E-state index < -0.39 is 5.91 Å². The third-order valence-electron chi connectivity index (χ3n) is 4.50. The molecule has 2 aliphatic rings. The van der Waals surface area contributed by atoms with Gasteiger partial charge in [0.15, 0.2) is 0 Å². The van der Waals surface area contributed by atoms with E-state index in [9.17, 15) is 9.59 Å². The van der Waals surface area contributed by atoms with Crippen molar-refractivity contribution in [1.29, 1.82) is 0 Å². The minimum Gasteiger partial charge on any atom is -0.368 e. The van der Waals surface area contributed by atoms with Gasteiger partial charge in [-0.2, -0.15) is 0 Å². The van der Waals surface area contributed by atoms with Crippen molar-refractivity contribution in [3.8, 4) is 0 Å². The number of nitrogens with one attached hydrogen (secondary N) is 1. The molecule has 1 aliphatic heterocycles. The van der Waals surface area contributed by atoms with Crippen molar-refractivity contribution in [2.75, 3.05) is 19.6 Å². The molecule has 0 aromatic heterocycles. The fraction of sp³-hybridized carbons (Fsp3) is 0.857. The van der Waals surface area contributed by atoms with Crippen molar-refractivity contribution < 1.29 is 9.59 Å². The van der Waals surface area contributed by atoms with E-state index in [1.54, 1.807) is 4.90 Å². The molecule has 0 aromatic carbocycles. The van der Waals surface area contributed by atoms with Gasteiger partial charge in [-0.3, -0.25) is 9.59 Å². The van der Waals surface area contributed by atoms with E-state index in [1.807, 2.05) is 0 Å². The largest absolute Gasteiger partial charge is 0.368 e. The summed E-state index contributed by atoms with van der Waals surface area (Å²) in [7, 11) is 0. The molecule has 0 aromatic rings. The zero-order chi connectivity index (χ0) is 13.8. The van der Waals surface area contributed by atoms with Crippen molar-refractivity contribution in [2.45, 2.75) is 45.1 Å². The predicted octanol–water partition coefficient (Wildman–Crippen LogP) is 0.489. The minimum atomic E-state index is -0.412. The van der Waals surface area contributed by atoms with Crippen LogP contribution in [0.1, 0.15) is 39.0 Å². The van der Waals surface area contributed by atoms with Gasteiger partial charge in [0, 0.05) is 18.5 Å². The molecule has 1 saturated heterocycles. The molecular formula is C14H25N3O2. The summed E-state index contributed by atoms with van der Waals surface area (Å²) in [5.74, 6) is 0.239. The van der Waals surface area contributed by atoms with E-state index >= 15 is 0 Å². The first-order valence-electron chi connectivity index (χ1n) is 7.39. The summed E-state index contributed by atoms with van der Waals surface area (Å²) in [4.78, 5) is 25.7. The number of carbonyl (C=O) groups is 2. The van der Waals surface area contributed by atoms with Crippen molar-refractivity contribution in [3.63, 3.8) is 0 Å². The smallest absolute Gasteiger partial charge is 0.237 e. The summed E-state index contributed by atoms with van der Waals surface area (Å²) in [6.45, 7) is 3.97. The Labute approximate surface area is 114 Å². The molecule has 1 saturated carbocycles. The lowest BCUT2D eigenvalue weighted by Gasteiger charge is -2.36. The first kappa shape index (κ1) is 14.3. The number of piperidine rings is 1. The number of nitrogens with zero attached hydrogens (tertiary/aromatic N) is 1. The van der Waals surface area contributed by atoms with Crippen LogP contribution in [0.2, 0.25) is 0 Å². The Hall–Kier alpha value is -1.10. The second-order valence-electron chi connectivity index (χ2n) is 5.95. The Balaban J connectivity index is 2.07. The second kappa shape index (κ2) is 6.37. The Bertz CT molecular complexity index is 340. The molecule has 19 heavy (non-hydrogen) atoms. The van der Waals surface area contributed by atoms with Crippen molar-refractivity contribution in [2.24, 2.45) is 17.6 Å². The Kier molecular flexibility index (Phi) is 4.80. The fourth-order valence-corrected chi connectivity index (χ4v) is 3.38. The van der Waals surface area contributed by atoms with Crippen LogP contribution < -0.4 is 11.1 Å². The van der Waals surface area contributed by atoms with E-state index in [0.29, 0.717) is 5.92 Å². The molecule has 2 fully saturated rings. The standard InChI is InChI=1S/C14H25N3O2/c1-10-4-2-6-12(10)14(19)17(9-13(15)18)11-5-3-7-16-8-11/h10-12,16H,2-9H2,1H3,(H2,15,18). The van der Waals surface area contributed by atoms with Crippen LogP contribution in [0.25, 0.3) is 0 Å². The van der Waals surface area contributed by atoms with Crippen LogP contribution in [-0.4, -0.2) is 42.4 Å². The van der Waals surface area contributed by atoms with Crippen LogP contribution in [0.5, 0.6) is 0 Å². The van der Waals surface area contributed by atoms with Crippen LogP contribution in [0.4, 0.5) is 0 Å². The number of hydrogen-bond donors (Lipinski definition) is 2. The number of carbonyl (C=O) groups excluding carboxylic acids is 2. The van der Waals surface area contributed by atoms with Gasteiger partial charge in [0.25, 0.3) is 0 Å². The number of primary amides is 1. The third-order valence-corrected chi connectivity index (χ3v) is 4.50. The normalized spacial score (nSPS) is 31.1. The Morgan fingerprint density at radius 1 is 1.26 bits per heavy atom. The van der Waals surface area contributed by atoms with Gasteiger partial charge in [0.2, 0.25) is 11.8 Å². The van der Waals surface area contributed by atoms with Gasteiger partial charge < -0.3 is 16.0 Å². The van der Waals surface area contributed by atoms with Crippen LogP contribution >= 0.6 is 0 Å². The molecule has 1 heterocycles. The molecule has 5 nitrogen and oxygen atoms in total. The molecule has 2 amide bonds. The summed E-state index contributed by atoms with van der Waals surface area (Å²) in [5, 5.41) is 3.30. The quantitative estimate of drug-likeness (QED) is 0.778. The maximum Gasteiger partial charge on any atom is 0.237 e. The fourth-order valence-electron chi connectivity index (χ4n) is 3.38. The van der Waals surface area contributed by atoms with Crippen molar-refractivity contribution in [1.82, 2.24) is 10.2 Å². The van der Waals surface area contributed by atoms with E-state index in [-0.39, 0.29) is 24.4 Å². The van der Waals surface area contributed by atoms with Gasteiger partial charge in [-0.1, -0.05) is 13.3 Å². The molecule has 3 N–H and O–H groups in total. The summed E-state index contributed by atoms with van der Waals surface area (Å²) < 4.78 is 0. The lowest BCUT2D eigenvalue weighted by Crippen LogP contribution is -2.53. The molecule has 108 valence electrons. The monoisotopic (exact) mass is 267 g/mol. The highest BCUT2D eigenvalue weighted by Gasteiger charge is 2.36. The number of amides is 2. The molecule has 1 aliphatic carbocycles. The van der Waals surface area contributed by atoms with Crippen LogP contribution in [-0.2, 0) is 9.59 Å². The Morgan fingerprint density at radius 2 is 2.05 bits per heavy atom. The van der Waals surface area contributed by atoms with Crippen molar-refractivity contribution >= 4 is 11.8 Å². The lowest BCUT2D eigenvalue weighted by atomic mass is 9.94. The third kappa shape index (κ3) is 3.47. The first-order chi connectivity index (χ1) is 9.09. The molecular weight excluding hydrogens is 242 g/mol. The highest BCUT2D eigenvalue weighted by molar-refractivity contribution is 5.85. The predicted molar refractivity (Wildman–Crippen MR) is 73.3 cm³/mol. The molecule has 0 radical (unpaired) electrons. The zero-order valence-electron chi connectivity index (χ0n) is 11.7. The van der Waals surface area contributed by atoms with Gasteiger partial charge in [-0.25, -0.2) is 0 Å². The average Bonchev–Trinajstić information content (AvgIpc) is 2.82. The zero-order valence-corrected chi connectivity index (χ0v) is 11.7. The minimum absolute atomic E-state index is 0.0639. The summed E-state index contributed by atoms with van der Waals surface area (Å²) >= 11 is 0. The molecule has 0 bridgehead atoms. The molecule has 3 unspecified atom stereocenters. The number of hydrogen-bond acceptors (Lipinski definition) is 3. The average molecular weight is 267 g/mol. The molecule has 0 spiro atoms. The second-order valence-corrected chi connectivity index (χ2v) is 5.95. The van der Waals surface area contributed by atoms with Gasteiger partial charge >= 0.3 is 0 Å². The Morgan fingerprint density at radius 3 is 2.58 bits per heavy atom. The topological polar surface area (TPSA) is 75.4 Å². The van der Waals surface area contributed by atoms with E-state index in [0.717, 1.165) is 45.2 Å². The van der Waals surface area contributed by atoms with Gasteiger partial charge in [0.1, 0.15) is 0 Å². The van der Waals surface area contributed by atoms with Gasteiger partial charge in [-0.15, -0.1) is 0 Å². The van der Waals surface area contributed by atoms with Gasteiger partial charge in [-0.05, 0) is 38.1 Å². The molecule has 5 heteroatoms. The molecule has 3 atom stereocenters. The molecule has 2 rings (SSSR count). The van der Waals surface area contributed by atoms with Gasteiger partial charge in [0.05, 0.1) is 6.54 Å². The lowest BCUT2D eigenvalue weighted by molar-refractivity contribution is -0.142. The summed E-state index contributed by atoms with van der Waals surface area (Å²) in [6.07, 6.45) is 5.20. The maximum absolute atomic E-state index is 12.7. The highest BCUT2D eigenvalue weighted by atomic mass is 16.2. The summed E-state index contributed by atoms with van der Waals surface area (Å²) in [5.41, 5.74) is 5.32. The SMILES string of the molecule is CC1CCCC1C(=O)N(CC(N)=O)C1CCCNC1. The summed E-state index contributed by atoms with van der Waals surface area (Å²) in [6, 6.07) is 0.126.